The smallest absolute Gasteiger partial charge is 0.242 e. The lowest BCUT2D eigenvalue weighted by atomic mass is 10.2. The lowest BCUT2D eigenvalue weighted by Crippen LogP contribution is -2.44. The first-order valence-corrected chi connectivity index (χ1v) is 5.28. The van der Waals surface area contributed by atoms with Crippen LogP contribution in [0.25, 0.3) is 0 Å². The van der Waals surface area contributed by atoms with E-state index < -0.39 is 6.04 Å². The van der Waals surface area contributed by atoms with Crippen LogP contribution < -0.4 is 10.6 Å². The van der Waals surface area contributed by atoms with Crippen LogP contribution in [0, 0.1) is 0 Å². The SMILES string of the molecule is CCNC(=O)C(C)NC(=O)CCCCl. The first-order valence-electron chi connectivity index (χ1n) is 4.74. The summed E-state index contributed by atoms with van der Waals surface area (Å²) >= 11 is 5.44. The van der Waals surface area contributed by atoms with Gasteiger partial charge in [0.05, 0.1) is 0 Å². The van der Waals surface area contributed by atoms with Crippen molar-refractivity contribution in [1.29, 1.82) is 0 Å². The zero-order valence-electron chi connectivity index (χ0n) is 8.60. The number of hydrogen-bond donors (Lipinski definition) is 2. The van der Waals surface area contributed by atoms with Crippen molar-refractivity contribution in [2.45, 2.75) is 32.7 Å². The van der Waals surface area contributed by atoms with Gasteiger partial charge < -0.3 is 10.6 Å². The molecule has 0 heterocycles. The van der Waals surface area contributed by atoms with Gasteiger partial charge in [0.15, 0.2) is 0 Å². The monoisotopic (exact) mass is 220 g/mol. The minimum absolute atomic E-state index is 0.135. The highest BCUT2D eigenvalue weighted by atomic mass is 35.5. The number of hydrogen-bond acceptors (Lipinski definition) is 2. The van der Waals surface area contributed by atoms with E-state index in [1.807, 2.05) is 6.92 Å². The van der Waals surface area contributed by atoms with Crippen molar-refractivity contribution in [1.82, 2.24) is 10.6 Å². The largest absolute Gasteiger partial charge is 0.355 e. The van der Waals surface area contributed by atoms with Gasteiger partial charge >= 0.3 is 0 Å². The van der Waals surface area contributed by atoms with Crippen LogP contribution in [0.3, 0.4) is 0 Å². The summed E-state index contributed by atoms with van der Waals surface area (Å²) in [5, 5.41) is 5.22. The van der Waals surface area contributed by atoms with Crippen LogP contribution in [-0.2, 0) is 9.59 Å². The van der Waals surface area contributed by atoms with Gasteiger partial charge in [-0.3, -0.25) is 9.59 Å². The number of halogens is 1. The predicted octanol–water partition coefficient (Wildman–Crippen LogP) is 0.646. The molecule has 0 aromatic carbocycles. The van der Waals surface area contributed by atoms with Gasteiger partial charge in [-0.05, 0) is 20.3 Å². The number of carbonyl (C=O) groups excluding carboxylic acids is 2. The molecule has 0 bridgehead atoms. The fourth-order valence-corrected chi connectivity index (χ4v) is 1.07. The highest BCUT2D eigenvalue weighted by Crippen LogP contribution is 1.93. The fourth-order valence-electron chi connectivity index (χ4n) is 0.934. The van der Waals surface area contributed by atoms with E-state index in [1.165, 1.54) is 0 Å². The van der Waals surface area contributed by atoms with E-state index in [1.54, 1.807) is 6.92 Å². The molecule has 0 aromatic rings. The summed E-state index contributed by atoms with van der Waals surface area (Å²) in [6.07, 6.45) is 1.00. The molecular formula is C9H17ClN2O2. The molecule has 0 aliphatic rings. The number of likely N-dealkylation sites (N-methyl/N-ethyl adjacent to an activating group) is 1. The van der Waals surface area contributed by atoms with E-state index in [0.29, 0.717) is 25.3 Å². The average Bonchev–Trinajstić information content (AvgIpc) is 2.15. The van der Waals surface area contributed by atoms with Crippen molar-refractivity contribution >= 4 is 23.4 Å². The Hall–Kier alpha value is -0.770. The average molecular weight is 221 g/mol. The zero-order chi connectivity index (χ0) is 11.0. The van der Waals surface area contributed by atoms with Crippen molar-refractivity contribution in [2.75, 3.05) is 12.4 Å². The van der Waals surface area contributed by atoms with Crippen molar-refractivity contribution in [2.24, 2.45) is 0 Å². The first-order chi connectivity index (χ1) is 6.61. The number of rotatable bonds is 6. The number of alkyl halides is 1. The Morgan fingerprint density at radius 1 is 1.43 bits per heavy atom. The van der Waals surface area contributed by atoms with Gasteiger partial charge in [0, 0.05) is 18.8 Å². The Morgan fingerprint density at radius 3 is 2.57 bits per heavy atom. The van der Waals surface area contributed by atoms with E-state index in [-0.39, 0.29) is 11.8 Å². The van der Waals surface area contributed by atoms with Crippen molar-refractivity contribution in [3.8, 4) is 0 Å². The number of amides is 2. The predicted molar refractivity (Wildman–Crippen MR) is 56.2 cm³/mol. The molecule has 4 nitrogen and oxygen atoms in total. The quantitative estimate of drug-likeness (QED) is 0.646. The van der Waals surface area contributed by atoms with Gasteiger partial charge in [0.2, 0.25) is 11.8 Å². The van der Waals surface area contributed by atoms with Crippen LogP contribution in [-0.4, -0.2) is 30.3 Å². The zero-order valence-corrected chi connectivity index (χ0v) is 9.36. The Kier molecular flexibility index (Phi) is 7.20. The molecule has 2 amide bonds. The molecule has 0 aromatic heterocycles. The molecule has 0 aliphatic heterocycles. The maximum Gasteiger partial charge on any atom is 0.242 e. The van der Waals surface area contributed by atoms with E-state index in [4.69, 9.17) is 11.6 Å². The molecule has 82 valence electrons. The van der Waals surface area contributed by atoms with E-state index in [9.17, 15) is 9.59 Å². The molecule has 0 saturated heterocycles. The Balaban J connectivity index is 3.75. The normalized spacial score (nSPS) is 11.9. The summed E-state index contributed by atoms with van der Waals surface area (Å²) in [6, 6.07) is -0.474. The van der Waals surface area contributed by atoms with Gasteiger partial charge in [0.25, 0.3) is 0 Å². The molecule has 0 saturated carbocycles. The molecule has 1 atom stereocenters. The molecule has 2 N–H and O–H groups in total. The summed E-state index contributed by atoms with van der Waals surface area (Å²) in [5.41, 5.74) is 0. The van der Waals surface area contributed by atoms with Crippen molar-refractivity contribution in [3.63, 3.8) is 0 Å². The van der Waals surface area contributed by atoms with Crippen LogP contribution in [0.4, 0.5) is 0 Å². The second kappa shape index (κ2) is 7.62. The molecule has 0 aliphatic carbocycles. The second-order valence-electron chi connectivity index (χ2n) is 2.98. The summed E-state index contributed by atoms with van der Waals surface area (Å²) in [5.74, 6) is 0.166. The number of nitrogens with one attached hydrogen (secondary N) is 2. The topological polar surface area (TPSA) is 58.2 Å². The number of carbonyl (C=O) groups is 2. The molecule has 1 unspecified atom stereocenters. The molecule has 0 rings (SSSR count). The third-order valence-corrected chi connectivity index (χ3v) is 1.93. The standard InChI is InChI=1S/C9H17ClN2O2/c1-3-11-9(14)7(2)12-8(13)5-4-6-10/h7H,3-6H2,1-2H3,(H,11,14)(H,12,13). The molecule has 5 heteroatoms. The fraction of sp³-hybridized carbons (Fsp3) is 0.778. The minimum Gasteiger partial charge on any atom is -0.355 e. The minimum atomic E-state index is -0.474. The summed E-state index contributed by atoms with van der Waals surface area (Å²) in [4.78, 5) is 22.4. The van der Waals surface area contributed by atoms with Crippen LogP contribution in [0.5, 0.6) is 0 Å². The third kappa shape index (κ3) is 5.80. The summed E-state index contributed by atoms with van der Waals surface area (Å²) in [6.45, 7) is 4.06. The van der Waals surface area contributed by atoms with Crippen molar-refractivity contribution < 1.29 is 9.59 Å². The molecule has 0 fully saturated rings. The molecular weight excluding hydrogens is 204 g/mol. The molecule has 14 heavy (non-hydrogen) atoms. The van der Waals surface area contributed by atoms with Gasteiger partial charge in [0.1, 0.15) is 6.04 Å². The third-order valence-electron chi connectivity index (χ3n) is 1.66. The van der Waals surface area contributed by atoms with Crippen LogP contribution in [0.1, 0.15) is 26.7 Å². The van der Waals surface area contributed by atoms with E-state index in [2.05, 4.69) is 10.6 Å². The maximum atomic E-state index is 11.2. The van der Waals surface area contributed by atoms with Crippen LogP contribution >= 0.6 is 11.6 Å². The molecule has 0 spiro atoms. The Bertz CT molecular complexity index is 197. The lowest BCUT2D eigenvalue weighted by molar-refractivity contribution is -0.128. The van der Waals surface area contributed by atoms with Crippen molar-refractivity contribution in [3.05, 3.63) is 0 Å². The van der Waals surface area contributed by atoms with E-state index >= 15 is 0 Å². The Morgan fingerprint density at radius 2 is 2.07 bits per heavy atom. The van der Waals surface area contributed by atoms with Gasteiger partial charge in [-0.25, -0.2) is 0 Å². The second-order valence-corrected chi connectivity index (χ2v) is 3.35. The highest BCUT2D eigenvalue weighted by Gasteiger charge is 2.13. The summed E-state index contributed by atoms with van der Waals surface area (Å²) in [7, 11) is 0. The molecule has 0 radical (unpaired) electrons. The lowest BCUT2D eigenvalue weighted by Gasteiger charge is -2.12. The van der Waals surface area contributed by atoms with Gasteiger partial charge in [-0.15, -0.1) is 11.6 Å². The first kappa shape index (κ1) is 13.2. The Labute approximate surface area is 89.4 Å². The summed E-state index contributed by atoms with van der Waals surface area (Å²) < 4.78 is 0. The maximum absolute atomic E-state index is 11.2. The van der Waals surface area contributed by atoms with Gasteiger partial charge in [-0.2, -0.15) is 0 Å². The highest BCUT2D eigenvalue weighted by molar-refractivity contribution is 6.17. The van der Waals surface area contributed by atoms with Crippen LogP contribution in [0.2, 0.25) is 0 Å². The van der Waals surface area contributed by atoms with Gasteiger partial charge in [-0.1, -0.05) is 0 Å². The van der Waals surface area contributed by atoms with Crippen LogP contribution in [0.15, 0.2) is 0 Å². The van der Waals surface area contributed by atoms with E-state index in [0.717, 1.165) is 0 Å².